The Kier molecular flexibility index (Phi) is 5.04. The van der Waals surface area contributed by atoms with E-state index in [1.807, 2.05) is 17.1 Å². The number of anilines is 1. The molecule has 2 atom stereocenters. The van der Waals surface area contributed by atoms with Gasteiger partial charge in [-0.05, 0) is 44.7 Å². The number of carbonyl (C=O) groups is 3. The second-order valence-corrected chi connectivity index (χ2v) is 8.92. The molecule has 1 aliphatic carbocycles. The third-order valence-electron chi connectivity index (χ3n) is 6.91. The van der Waals surface area contributed by atoms with Crippen molar-refractivity contribution in [2.24, 2.45) is 5.73 Å². The number of fused-ring (bicyclic) bond motifs is 3. The molecule has 1 aromatic heterocycles. The predicted octanol–water partition coefficient (Wildman–Crippen LogP) is 3.20. The highest BCUT2D eigenvalue weighted by Gasteiger charge is 2.43. The lowest BCUT2D eigenvalue weighted by Gasteiger charge is -2.40. The maximum absolute atomic E-state index is 13.2. The highest BCUT2D eigenvalue weighted by molar-refractivity contribution is 6.01. The summed E-state index contributed by atoms with van der Waals surface area (Å²) in [5.41, 5.74) is 9.91. The van der Waals surface area contributed by atoms with E-state index in [0.717, 1.165) is 49.0 Å². The van der Waals surface area contributed by atoms with Crippen molar-refractivity contribution in [1.29, 1.82) is 0 Å². The van der Waals surface area contributed by atoms with Gasteiger partial charge in [0.25, 0.3) is 11.8 Å². The summed E-state index contributed by atoms with van der Waals surface area (Å²) in [4.78, 5) is 43.2. The summed E-state index contributed by atoms with van der Waals surface area (Å²) in [5.74, 6) is -0.479. The summed E-state index contributed by atoms with van der Waals surface area (Å²) in [6, 6.07) is 7.37. The van der Waals surface area contributed by atoms with E-state index in [2.05, 4.69) is 10.3 Å². The maximum Gasteiger partial charge on any atom is 0.254 e. The molecule has 2 aromatic rings. The molecule has 3 aliphatic rings. The highest BCUT2D eigenvalue weighted by Crippen LogP contribution is 2.39. The number of aromatic nitrogens is 1. The summed E-state index contributed by atoms with van der Waals surface area (Å²) in [5, 5.41) is 3.58. The van der Waals surface area contributed by atoms with Crippen LogP contribution in [0.5, 0.6) is 0 Å². The van der Waals surface area contributed by atoms with Gasteiger partial charge in [0, 0.05) is 47.4 Å². The van der Waals surface area contributed by atoms with E-state index < -0.39 is 5.91 Å². The van der Waals surface area contributed by atoms with Gasteiger partial charge in [-0.2, -0.15) is 0 Å². The van der Waals surface area contributed by atoms with Crippen molar-refractivity contribution in [3.8, 4) is 0 Å². The van der Waals surface area contributed by atoms with Crippen molar-refractivity contribution >= 4 is 29.4 Å². The summed E-state index contributed by atoms with van der Waals surface area (Å²) >= 11 is 0. The van der Waals surface area contributed by atoms with Gasteiger partial charge in [0.15, 0.2) is 5.78 Å². The summed E-state index contributed by atoms with van der Waals surface area (Å²) in [7, 11) is 0. The lowest BCUT2D eigenvalue weighted by molar-refractivity contribution is 0.0582. The van der Waals surface area contributed by atoms with E-state index in [1.165, 1.54) is 6.92 Å². The molecule has 3 N–H and O–H groups in total. The number of pyridine rings is 1. The fourth-order valence-corrected chi connectivity index (χ4v) is 5.37. The average molecular weight is 431 g/mol. The van der Waals surface area contributed by atoms with E-state index in [4.69, 9.17) is 5.73 Å². The molecule has 2 aliphatic heterocycles. The molecule has 0 radical (unpaired) electrons. The van der Waals surface area contributed by atoms with Gasteiger partial charge in [0.1, 0.15) is 0 Å². The van der Waals surface area contributed by atoms with Crippen LogP contribution in [0.1, 0.15) is 74.9 Å². The van der Waals surface area contributed by atoms with Gasteiger partial charge in [-0.1, -0.05) is 24.3 Å². The monoisotopic (exact) mass is 430 g/mol. The zero-order chi connectivity index (χ0) is 22.4. The van der Waals surface area contributed by atoms with E-state index in [1.54, 1.807) is 30.5 Å². The number of rotatable bonds is 5. The largest absolute Gasteiger partial charge is 0.381 e. The molecule has 32 heavy (non-hydrogen) atoms. The van der Waals surface area contributed by atoms with Gasteiger partial charge in [-0.15, -0.1) is 0 Å². The van der Waals surface area contributed by atoms with Crippen LogP contribution in [0.15, 0.2) is 36.5 Å². The molecule has 7 heteroatoms. The molecule has 1 aromatic carbocycles. The molecule has 7 nitrogen and oxygen atoms in total. The van der Waals surface area contributed by atoms with E-state index in [9.17, 15) is 14.4 Å². The minimum atomic E-state index is -0.493. The maximum atomic E-state index is 13.2. The molecule has 2 bridgehead atoms. The molecule has 0 saturated carbocycles. The number of nitrogens with one attached hydrogen (secondary N) is 1. The number of nitrogens with two attached hydrogens (primary N) is 1. The molecule has 3 heterocycles. The third kappa shape index (κ3) is 3.47. The molecule has 2 fully saturated rings. The molecule has 5 rings (SSSR count). The number of hydrogen-bond acceptors (Lipinski definition) is 5. The zero-order valence-corrected chi connectivity index (χ0v) is 18.0. The molecule has 0 spiro atoms. The Morgan fingerprint density at radius 3 is 2.34 bits per heavy atom. The molecule has 164 valence electrons. The Labute approximate surface area is 186 Å². The van der Waals surface area contributed by atoms with Gasteiger partial charge in [-0.3, -0.25) is 19.4 Å². The van der Waals surface area contributed by atoms with Crippen molar-refractivity contribution in [1.82, 2.24) is 9.88 Å². The van der Waals surface area contributed by atoms with Gasteiger partial charge in [0.2, 0.25) is 0 Å². The van der Waals surface area contributed by atoms with Crippen LogP contribution in [-0.2, 0) is 6.42 Å². The number of benzene rings is 1. The van der Waals surface area contributed by atoms with Crippen LogP contribution in [-0.4, -0.2) is 45.6 Å². The van der Waals surface area contributed by atoms with Crippen LogP contribution in [0.2, 0.25) is 0 Å². The van der Waals surface area contributed by atoms with Crippen molar-refractivity contribution in [3.63, 3.8) is 0 Å². The van der Waals surface area contributed by atoms with Crippen molar-refractivity contribution < 1.29 is 14.4 Å². The van der Waals surface area contributed by atoms with Crippen LogP contribution in [0.3, 0.4) is 0 Å². The average Bonchev–Trinajstić information content (AvgIpc) is 3.36. The Hall–Kier alpha value is -3.48. The number of ketones is 1. The molecule has 2 amide bonds. The molecule has 2 saturated heterocycles. The van der Waals surface area contributed by atoms with E-state index in [-0.39, 0.29) is 29.8 Å². The fourth-order valence-electron chi connectivity index (χ4n) is 5.37. The van der Waals surface area contributed by atoms with Crippen molar-refractivity contribution in [2.75, 3.05) is 5.32 Å². The lowest BCUT2D eigenvalue weighted by atomic mass is 9.95. The van der Waals surface area contributed by atoms with Crippen molar-refractivity contribution in [3.05, 3.63) is 64.5 Å². The summed E-state index contributed by atoms with van der Waals surface area (Å²) in [6.45, 7) is 1.52. The summed E-state index contributed by atoms with van der Waals surface area (Å²) < 4.78 is 0. The number of amides is 2. The van der Waals surface area contributed by atoms with Crippen LogP contribution in [0.4, 0.5) is 5.69 Å². The number of primary amides is 1. The van der Waals surface area contributed by atoms with Crippen LogP contribution in [0, 0.1) is 0 Å². The van der Waals surface area contributed by atoms with Gasteiger partial charge in [0.05, 0.1) is 16.9 Å². The number of Topliss-reactive ketones (excluding diaryl/α,β-unsaturated/α-hetero) is 1. The first-order valence-electron chi connectivity index (χ1n) is 11.1. The first-order chi connectivity index (χ1) is 15.4. The molecule has 0 unspecified atom stereocenters. The smallest absolute Gasteiger partial charge is 0.254 e. The van der Waals surface area contributed by atoms with Crippen LogP contribution >= 0.6 is 0 Å². The standard InChI is InChI=1S/C25H26N4O3/c1-14(30)15-5-7-16(8-6-15)25(32)29-18-9-10-19(29)12-17(11-18)28-23-20-3-2-4-22(20)27-13-21(23)24(26)31/h2-3,5-8,13,17-19H,4,9-12H2,1H3,(H2,26,31)(H,27,28)/t18-,19-/m0/s1. The fraction of sp³-hybridized carbons (Fsp3) is 0.360. The second-order valence-electron chi connectivity index (χ2n) is 8.92. The normalized spacial score (nSPS) is 23.2. The van der Waals surface area contributed by atoms with E-state index >= 15 is 0 Å². The lowest BCUT2D eigenvalue weighted by Crippen LogP contribution is -2.49. The minimum Gasteiger partial charge on any atom is -0.381 e. The number of carbonyl (C=O) groups excluding carboxylic acids is 3. The predicted molar refractivity (Wildman–Crippen MR) is 122 cm³/mol. The Morgan fingerprint density at radius 1 is 1.06 bits per heavy atom. The van der Waals surface area contributed by atoms with Gasteiger partial charge in [-0.25, -0.2) is 0 Å². The van der Waals surface area contributed by atoms with E-state index in [0.29, 0.717) is 16.7 Å². The SMILES string of the molecule is CC(=O)c1ccc(C(=O)N2[C@H]3CC[C@H]2CC(Nc2c(C(N)=O)cnc4c2C=CC4)C3)cc1. The second kappa shape index (κ2) is 7.89. The first kappa shape index (κ1) is 20.4. The number of piperidine rings is 1. The zero-order valence-electron chi connectivity index (χ0n) is 18.0. The highest BCUT2D eigenvalue weighted by atomic mass is 16.2. The Bertz CT molecular complexity index is 1120. The van der Waals surface area contributed by atoms with Crippen LogP contribution in [0.25, 0.3) is 6.08 Å². The third-order valence-corrected chi connectivity index (χ3v) is 6.91. The summed E-state index contributed by atoms with van der Waals surface area (Å²) in [6.07, 6.45) is 9.91. The molecular formula is C25H26N4O3. The minimum absolute atomic E-state index is 0.0104. The number of allylic oxidation sites excluding steroid dienone is 1. The van der Waals surface area contributed by atoms with Crippen LogP contribution < -0.4 is 11.1 Å². The quantitative estimate of drug-likeness (QED) is 0.709. The van der Waals surface area contributed by atoms with Gasteiger partial charge < -0.3 is 16.0 Å². The first-order valence-corrected chi connectivity index (χ1v) is 11.1. The number of nitrogens with zero attached hydrogens (tertiary/aromatic N) is 2. The number of hydrogen-bond donors (Lipinski definition) is 2. The van der Waals surface area contributed by atoms with Gasteiger partial charge >= 0.3 is 0 Å². The Balaban J connectivity index is 1.35. The topological polar surface area (TPSA) is 105 Å². The Morgan fingerprint density at radius 2 is 1.72 bits per heavy atom. The van der Waals surface area contributed by atoms with Crippen molar-refractivity contribution in [2.45, 2.75) is 57.2 Å². The molecular weight excluding hydrogens is 404 g/mol.